The van der Waals surface area contributed by atoms with Crippen LogP contribution in [0.15, 0.2) is 40.8 Å². The highest BCUT2D eigenvalue weighted by molar-refractivity contribution is 6.30. The number of carbonyl (C=O) groups excluding carboxylic acids is 1. The maximum atomic E-state index is 12.8. The van der Waals surface area contributed by atoms with Gasteiger partial charge in [0.2, 0.25) is 11.6 Å². The van der Waals surface area contributed by atoms with Gasteiger partial charge in [0.15, 0.2) is 11.5 Å². The Kier molecular flexibility index (Phi) is 7.13. The standard InChI is InChI=1S/C21H22ClN3O5/c1-4-27-16-11-14(12-17(28-5-2)18(16)29-6-3)19(26)23-21-25-24-20(30-21)13-8-7-9-15(22)10-13/h7-12H,4-6H2,1-3H3,(H,23,25,26). The lowest BCUT2D eigenvalue weighted by Crippen LogP contribution is -2.13. The number of hydrogen-bond acceptors (Lipinski definition) is 7. The lowest BCUT2D eigenvalue weighted by Gasteiger charge is -2.16. The van der Waals surface area contributed by atoms with E-state index < -0.39 is 5.91 Å². The van der Waals surface area contributed by atoms with Crippen LogP contribution in [-0.4, -0.2) is 35.9 Å². The number of anilines is 1. The fourth-order valence-corrected chi connectivity index (χ4v) is 2.89. The first-order valence-electron chi connectivity index (χ1n) is 9.52. The van der Waals surface area contributed by atoms with Gasteiger partial charge in [-0.3, -0.25) is 10.1 Å². The molecule has 1 heterocycles. The van der Waals surface area contributed by atoms with Crippen molar-refractivity contribution in [3.05, 3.63) is 47.0 Å². The number of hydrogen-bond donors (Lipinski definition) is 1. The second kappa shape index (κ2) is 9.98. The molecular formula is C21H22ClN3O5. The van der Waals surface area contributed by atoms with Crippen LogP contribution in [-0.2, 0) is 0 Å². The molecule has 0 radical (unpaired) electrons. The molecule has 3 rings (SSSR count). The summed E-state index contributed by atoms with van der Waals surface area (Å²) in [5.74, 6) is 1.07. The van der Waals surface area contributed by atoms with Crippen molar-refractivity contribution < 1.29 is 23.4 Å². The van der Waals surface area contributed by atoms with Gasteiger partial charge in [0.1, 0.15) is 0 Å². The molecule has 0 atom stereocenters. The number of nitrogens with one attached hydrogen (secondary N) is 1. The summed E-state index contributed by atoms with van der Waals surface area (Å²) in [5, 5.41) is 10.9. The van der Waals surface area contributed by atoms with Crippen molar-refractivity contribution in [3.8, 4) is 28.7 Å². The zero-order chi connectivity index (χ0) is 21.5. The van der Waals surface area contributed by atoms with Crippen molar-refractivity contribution in [2.45, 2.75) is 20.8 Å². The summed E-state index contributed by atoms with van der Waals surface area (Å²) in [6.07, 6.45) is 0. The molecule has 0 aliphatic rings. The molecule has 0 aliphatic carbocycles. The number of ether oxygens (including phenoxy) is 3. The topological polar surface area (TPSA) is 95.7 Å². The Hall–Kier alpha value is -3.26. The Morgan fingerprint density at radius 2 is 1.67 bits per heavy atom. The van der Waals surface area contributed by atoms with Crippen molar-refractivity contribution in [2.24, 2.45) is 0 Å². The van der Waals surface area contributed by atoms with Gasteiger partial charge in [-0.1, -0.05) is 22.8 Å². The summed E-state index contributed by atoms with van der Waals surface area (Å²) in [5.41, 5.74) is 0.946. The molecule has 1 amide bonds. The van der Waals surface area contributed by atoms with E-state index in [-0.39, 0.29) is 11.9 Å². The third-order valence-electron chi connectivity index (χ3n) is 3.89. The van der Waals surface area contributed by atoms with Crippen molar-refractivity contribution >= 4 is 23.5 Å². The highest BCUT2D eigenvalue weighted by atomic mass is 35.5. The maximum absolute atomic E-state index is 12.8. The van der Waals surface area contributed by atoms with Crippen LogP contribution in [0.25, 0.3) is 11.5 Å². The maximum Gasteiger partial charge on any atom is 0.322 e. The average Bonchev–Trinajstić information content (AvgIpc) is 3.19. The normalized spacial score (nSPS) is 10.5. The molecule has 9 heteroatoms. The summed E-state index contributed by atoms with van der Waals surface area (Å²) >= 11 is 5.99. The molecular weight excluding hydrogens is 410 g/mol. The molecule has 0 spiro atoms. The molecule has 0 aliphatic heterocycles. The van der Waals surface area contributed by atoms with Gasteiger partial charge >= 0.3 is 6.01 Å². The molecule has 2 aromatic carbocycles. The van der Waals surface area contributed by atoms with Gasteiger partial charge in [0, 0.05) is 16.1 Å². The number of carbonyl (C=O) groups is 1. The molecule has 8 nitrogen and oxygen atoms in total. The van der Waals surface area contributed by atoms with Crippen LogP contribution in [0.2, 0.25) is 5.02 Å². The van der Waals surface area contributed by atoms with Crippen molar-refractivity contribution in [2.75, 3.05) is 25.1 Å². The largest absolute Gasteiger partial charge is 0.490 e. The predicted octanol–water partition coefficient (Wildman–Crippen LogP) is 4.84. The molecule has 0 fully saturated rings. The lowest BCUT2D eigenvalue weighted by molar-refractivity contribution is 0.102. The number of benzene rings is 2. The Bertz CT molecular complexity index is 994. The third-order valence-corrected chi connectivity index (χ3v) is 4.12. The van der Waals surface area contributed by atoms with E-state index >= 15 is 0 Å². The minimum Gasteiger partial charge on any atom is -0.490 e. The van der Waals surface area contributed by atoms with Gasteiger partial charge in [-0.05, 0) is 51.1 Å². The van der Waals surface area contributed by atoms with Crippen LogP contribution < -0.4 is 19.5 Å². The quantitative estimate of drug-likeness (QED) is 0.517. The van der Waals surface area contributed by atoms with Crippen molar-refractivity contribution in [1.82, 2.24) is 10.2 Å². The van der Waals surface area contributed by atoms with E-state index in [0.717, 1.165) is 0 Å². The van der Waals surface area contributed by atoms with E-state index in [1.165, 1.54) is 0 Å². The third kappa shape index (κ3) is 5.01. The van der Waals surface area contributed by atoms with Gasteiger partial charge < -0.3 is 18.6 Å². The first kappa shape index (κ1) is 21.4. The van der Waals surface area contributed by atoms with E-state index in [9.17, 15) is 4.79 Å². The molecule has 30 heavy (non-hydrogen) atoms. The van der Waals surface area contributed by atoms with Crippen LogP contribution in [0.5, 0.6) is 17.2 Å². The van der Waals surface area contributed by atoms with Gasteiger partial charge in [0.05, 0.1) is 19.8 Å². The van der Waals surface area contributed by atoms with Crippen LogP contribution in [0.3, 0.4) is 0 Å². The summed E-state index contributed by atoms with van der Waals surface area (Å²) in [6.45, 7) is 6.79. The van der Waals surface area contributed by atoms with Crippen LogP contribution >= 0.6 is 11.6 Å². The van der Waals surface area contributed by atoms with E-state index in [1.54, 1.807) is 36.4 Å². The zero-order valence-electron chi connectivity index (χ0n) is 16.9. The van der Waals surface area contributed by atoms with Crippen molar-refractivity contribution in [3.63, 3.8) is 0 Å². The predicted molar refractivity (Wildman–Crippen MR) is 113 cm³/mol. The van der Waals surface area contributed by atoms with Crippen LogP contribution in [0, 0.1) is 0 Å². The molecule has 3 aromatic rings. The molecule has 0 unspecified atom stereocenters. The number of nitrogens with zero attached hydrogens (tertiary/aromatic N) is 2. The van der Waals surface area contributed by atoms with Gasteiger partial charge in [-0.25, -0.2) is 0 Å². The Morgan fingerprint density at radius 1 is 1.00 bits per heavy atom. The Balaban J connectivity index is 1.86. The SMILES string of the molecule is CCOc1cc(C(=O)Nc2nnc(-c3cccc(Cl)c3)o2)cc(OCC)c1OCC. The number of halogens is 1. The second-order valence-corrected chi connectivity index (χ2v) is 6.41. The summed E-state index contributed by atoms with van der Waals surface area (Å²) < 4.78 is 22.5. The lowest BCUT2D eigenvalue weighted by atomic mass is 10.1. The van der Waals surface area contributed by atoms with E-state index in [1.807, 2.05) is 20.8 Å². The molecule has 158 valence electrons. The van der Waals surface area contributed by atoms with E-state index in [0.29, 0.717) is 53.2 Å². The van der Waals surface area contributed by atoms with Crippen LogP contribution in [0.4, 0.5) is 6.01 Å². The molecule has 0 saturated carbocycles. The zero-order valence-corrected chi connectivity index (χ0v) is 17.7. The van der Waals surface area contributed by atoms with Crippen LogP contribution in [0.1, 0.15) is 31.1 Å². The summed E-state index contributed by atoms with van der Waals surface area (Å²) in [4.78, 5) is 12.8. The first-order chi connectivity index (χ1) is 14.5. The Morgan fingerprint density at radius 3 is 2.27 bits per heavy atom. The smallest absolute Gasteiger partial charge is 0.322 e. The highest BCUT2D eigenvalue weighted by Crippen LogP contribution is 2.39. The van der Waals surface area contributed by atoms with E-state index in [2.05, 4.69) is 15.5 Å². The highest BCUT2D eigenvalue weighted by Gasteiger charge is 2.20. The summed E-state index contributed by atoms with van der Waals surface area (Å²) in [7, 11) is 0. The van der Waals surface area contributed by atoms with Gasteiger partial charge in [0.25, 0.3) is 5.91 Å². The van der Waals surface area contributed by atoms with E-state index in [4.69, 9.17) is 30.2 Å². The number of amides is 1. The minimum absolute atomic E-state index is 0.0419. The average molecular weight is 432 g/mol. The van der Waals surface area contributed by atoms with Crippen molar-refractivity contribution in [1.29, 1.82) is 0 Å². The monoisotopic (exact) mass is 431 g/mol. The second-order valence-electron chi connectivity index (χ2n) is 5.98. The fourth-order valence-electron chi connectivity index (χ4n) is 2.70. The Labute approximate surface area is 179 Å². The molecule has 1 N–H and O–H groups in total. The summed E-state index contributed by atoms with van der Waals surface area (Å²) in [6, 6.07) is 10.1. The molecule has 0 saturated heterocycles. The number of aromatic nitrogens is 2. The molecule has 0 bridgehead atoms. The first-order valence-corrected chi connectivity index (χ1v) is 9.90. The van der Waals surface area contributed by atoms with Gasteiger partial charge in [-0.15, -0.1) is 5.10 Å². The number of rotatable bonds is 9. The fraction of sp³-hybridized carbons (Fsp3) is 0.286. The molecule has 1 aromatic heterocycles. The minimum atomic E-state index is -0.457. The van der Waals surface area contributed by atoms with Gasteiger partial charge in [-0.2, -0.15) is 0 Å².